The van der Waals surface area contributed by atoms with Crippen LogP contribution < -0.4 is 16.6 Å². The van der Waals surface area contributed by atoms with Crippen LogP contribution in [0.1, 0.15) is 30.2 Å². The van der Waals surface area contributed by atoms with Crippen LogP contribution in [0.3, 0.4) is 0 Å². The molecular formula is C12H15ClN6O. The molecule has 0 saturated heterocycles. The largest absolute Gasteiger partial charge is 0.319 e. The lowest BCUT2D eigenvalue weighted by Gasteiger charge is -2.06. The summed E-state index contributed by atoms with van der Waals surface area (Å²) in [5.74, 6) is 5.22. The second-order valence-electron chi connectivity index (χ2n) is 4.46. The summed E-state index contributed by atoms with van der Waals surface area (Å²) in [7, 11) is 0. The zero-order valence-electron chi connectivity index (χ0n) is 11.1. The monoisotopic (exact) mass is 294 g/mol. The van der Waals surface area contributed by atoms with E-state index in [1.165, 1.54) is 12.3 Å². The van der Waals surface area contributed by atoms with E-state index in [0.29, 0.717) is 17.1 Å². The molecule has 7 nitrogen and oxygen atoms in total. The van der Waals surface area contributed by atoms with Crippen LogP contribution in [-0.2, 0) is 0 Å². The van der Waals surface area contributed by atoms with E-state index in [4.69, 9.17) is 17.4 Å². The zero-order chi connectivity index (χ0) is 14.7. The van der Waals surface area contributed by atoms with Crippen LogP contribution in [0.2, 0.25) is 5.02 Å². The molecule has 1 amide bonds. The summed E-state index contributed by atoms with van der Waals surface area (Å²) < 4.78 is 1.75. The number of anilines is 2. The topological polar surface area (TPSA) is 97.9 Å². The van der Waals surface area contributed by atoms with Crippen molar-refractivity contribution in [2.45, 2.75) is 19.9 Å². The molecule has 106 valence electrons. The number of carbonyl (C=O) groups excluding carboxylic acids is 1. The molecule has 0 unspecified atom stereocenters. The van der Waals surface area contributed by atoms with E-state index in [1.54, 1.807) is 17.1 Å². The standard InChI is InChI=1S/C12H15ClN6O/c1-7(2)19-6-9(5-16-19)17-12(20)8-3-10(13)11(18-14)15-4-8/h3-7H,14H2,1-2H3,(H,15,18)(H,17,20). The van der Waals surface area contributed by atoms with Gasteiger partial charge in [0.25, 0.3) is 5.91 Å². The SMILES string of the molecule is CC(C)n1cc(NC(=O)c2cnc(NN)c(Cl)c2)cn1. The average Bonchev–Trinajstić information content (AvgIpc) is 2.87. The lowest BCUT2D eigenvalue weighted by atomic mass is 10.2. The van der Waals surface area contributed by atoms with Crippen molar-refractivity contribution >= 4 is 29.0 Å². The minimum absolute atomic E-state index is 0.228. The number of nitrogens with one attached hydrogen (secondary N) is 2. The molecule has 0 aromatic carbocycles. The Labute approximate surface area is 121 Å². The predicted molar refractivity (Wildman–Crippen MR) is 77.6 cm³/mol. The molecule has 0 aliphatic rings. The molecule has 0 aliphatic carbocycles. The van der Waals surface area contributed by atoms with E-state index in [0.717, 1.165) is 0 Å². The van der Waals surface area contributed by atoms with Gasteiger partial charge in [0.1, 0.15) is 0 Å². The molecule has 4 N–H and O–H groups in total. The smallest absolute Gasteiger partial charge is 0.257 e. The van der Waals surface area contributed by atoms with Gasteiger partial charge in [-0.25, -0.2) is 10.8 Å². The first kappa shape index (κ1) is 14.3. The number of pyridine rings is 1. The van der Waals surface area contributed by atoms with Crippen molar-refractivity contribution in [3.05, 3.63) is 35.2 Å². The highest BCUT2D eigenvalue weighted by atomic mass is 35.5. The molecule has 2 rings (SSSR count). The van der Waals surface area contributed by atoms with E-state index in [-0.39, 0.29) is 17.0 Å². The van der Waals surface area contributed by atoms with Crippen LogP contribution in [-0.4, -0.2) is 20.7 Å². The molecule has 0 saturated carbocycles. The number of aromatic nitrogens is 3. The van der Waals surface area contributed by atoms with Crippen molar-refractivity contribution in [2.75, 3.05) is 10.7 Å². The lowest BCUT2D eigenvalue weighted by molar-refractivity contribution is 0.102. The Hall–Kier alpha value is -2.12. The highest BCUT2D eigenvalue weighted by Crippen LogP contribution is 2.19. The fraction of sp³-hybridized carbons (Fsp3) is 0.250. The van der Waals surface area contributed by atoms with Crippen molar-refractivity contribution in [2.24, 2.45) is 5.84 Å². The third-order valence-electron chi connectivity index (χ3n) is 2.63. The maximum absolute atomic E-state index is 12.0. The van der Waals surface area contributed by atoms with Crippen LogP contribution in [0.15, 0.2) is 24.7 Å². The zero-order valence-corrected chi connectivity index (χ0v) is 11.8. The van der Waals surface area contributed by atoms with Gasteiger partial charge < -0.3 is 10.7 Å². The van der Waals surface area contributed by atoms with Crippen molar-refractivity contribution in [3.63, 3.8) is 0 Å². The van der Waals surface area contributed by atoms with Crippen LogP contribution >= 0.6 is 11.6 Å². The second-order valence-corrected chi connectivity index (χ2v) is 4.86. The van der Waals surface area contributed by atoms with E-state index < -0.39 is 0 Å². The number of hydrogen-bond donors (Lipinski definition) is 3. The highest BCUT2D eigenvalue weighted by molar-refractivity contribution is 6.33. The molecule has 0 aliphatic heterocycles. The van der Waals surface area contributed by atoms with Gasteiger partial charge in [0.15, 0.2) is 5.82 Å². The van der Waals surface area contributed by atoms with Crippen molar-refractivity contribution < 1.29 is 4.79 Å². The second kappa shape index (κ2) is 5.89. The number of halogens is 1. The van der Waals surface area contributed by atoms with Crippen molar-refractivity contribution in [1.29, 1.82) is 0 Å². The Morgan fingerprint density at radius 1 is 1.45 bits per heavy atom. The molecule has 0 fully saturated rings. The molecule has 0 radical (unpaired) electrons. The van der Waals surface area contributed by atoms with Gasteiger partial charge in [0.2, 0.25) is 0 Å². The Bertz CT molecular complexity index is 624. The Morgan fingerprint density at radius 2 is 2.20 bits per heavy atom. The van der Waals surface area contributed by atoms with Gasteiger partial charge in [0, 0.05) is 18.4 Å². The number of rotatable bonds is 4. The number of hydrogen-bond acceptors (Lipinski definition) is 5. The maximum atomic E-state index is 12.0. The molecule has 2 aromatic rings. The Kier molecular flexibility index (Phi) is 4.21. The molecule has 8 heteroatoms. The molecule has 0 spiro atoms. The van der Waals surface area contributed by atoms with Gasteiger partial charge in [-0.15, -0.1) is 0 Å². The van der Waals surface area contributed by atoms with Crippen LogP contribution in [0, 0.1) is 0 Å². The van der Waals surface area contributed by atoms with Gasteiger partial charge in [0.05, 0.1) is 22.5 Å². The Morgan fingerprint density at radius 3 is 2.75 bits per heavy atom. The number of nitrogen functional groups attached to an aromatic ring is 1. The molecule has 0 bridgehead atoms. The molecule has 2 aromatic heterocycles. The van der Waals surface area contributed by atoms with Gasteiger partial charge in [-0.3, -0.25) is 9.48 Å². The third-order valence-corrected chi connectivity index (χ3v) is 2.92. The Balaban J connectivity index is 2.13. The summed E-state index contributed by atoms with van der Waals surface area (Å²) in [4.78, 5) is 16.0. The minimum Gasteiger partial charge on any atom is -0.319 e. The fourth-order valence-electron chi connectivity index (χ4n) is 1.56. The lowest BCUT2D eigenvalue weighted by Crippen LogP contribution is -2.14. The fourth-order valence-corrected chi connectivity index (χ4v) is 1.78. The number of carbonyl (C=O) groups is 1. The van der Waals surface area contributed by atoms with Crippen molar-refractivity contribution in [1.82, 2.24) is 14.8 Å². The quantitative estimate of drug-likeness (QED) is 0.592. The predicted octanol–water partition coefficient (Wildman–Crippen LogP) is 2.05. The van der Waals surface area contributed by atoms with Gasteiger partial charge in [-0.05, 0) is 19.9 Å². The number of nitrogens with zero attached hydrogens (tertiary/aromatic N) is 3. The average molecular weight is 295 g/mol. The first-order chi connectivity index (χ1) is 9.51. The first-order valence-corrected chi connectivity index (χ1v) is 6.36. The molecular weight excluding hydrogens is 280 g/mol. The number of nitrogens with two attached hydrogens (primary N) is 1. The van der Waals surface area contributed by atoms with E-state index >= 15 is 0 Å². The third kappa shape index (κ3) is 3.06. The summed E-state index contributed by atoms with van der Waals surface area (Å²) >= 11 is 5.92. The summed E-state index contributed by atoms with van der Waals surface area (Å²) in [6, 6.07) is 1.72. The van der Waals surface area contributed by atoms with Gasteiger partial charge >= 0.3 is 0 Å². The van der Waals surface area contributed by atoms with Crippen LogP contribution in [0.4, 0.5) is 11.5 Å². The normalized spacial score (nSPS) is 10.7. The van der Waals surface area contributed by atoms with Crippen molar-refractivity contribution in [3.8, 4) is 0 Å². The van der Waals surface area contributed by atoms with E-state index in [9.17, 15) is 4.79 Å². The number of hydrazine groups is 1. The van der Waals surface area contributed by atoms with E-state index in [1.807, 2.05) is 13.8 Å². The maximum Gasteiger partial charge on any atom is 0.257 e. The summed E-state index contributed by atoms with van der Waals surface area (Å²) in [6.07, 6.45) is 4.74. The molecule has 2 heterocycles. The highest BCUT2D eigenvalue weighted by Gasteiger charge is 2.11. The molecule has 0 atom stereocenters. The van der Waals surface area contributed by atoms with Crippen LogP contribution in [0.5, 0.6) is 0 Å². The van der Waals surface area contributed by atoms with Gasteiger partial charge in [-0.2, -0.15) is 5.10 Å². The summed E-state index contributed by atoms with van der Waals surface area (Å²) in [5.41, 5.74) is 3.29. The van der Waals surface area contributed by atoms with Gasteiger partial charge in [-0.1, -0.05) is 11.6 Å². The first-order valence-electron chi connectivity index (χ1n) is 5.99. The summed E-state index contributed by atoms with van der Waals surface area (Å²) in [6.45, 7) is 4.00. The minimum atomic E-state index is -0.314. The number of amides is 1. The van der Waals surface area contributed by atoms with E-state index in [2.05, 4.69) is 20.8 Å². The van der Waals surface area contributed by atoms with Crippen LogP contribution in [0.25, 0.3) is 0 Å². The summed E-state index contributed by atoms with van der Waals surface area (Å²) in [5, 5.41) is 7.14. The molecule has 20 heavy (non-hydrogen) atoms.